The molecular weight excluding hydrogens is 492 g/mol. The molecule has 2 fully saturated rings. The number of hydrogen-bond donors (Lipinski definition) is 1. The Balaban J connectivity index is 1.51. The van der Waals surface area contributed by atoms with E-state index in [0.29, 0.717) is 35.5 Å². The van der Waals surface area contributed by atoms with Gasteiger partial charge in [0.1, 0.15) is 12.1 Å². The molecular formula is C28H33ClN4O4. The van der Waals surface area contributed by atoms with Crippen LogP contribution in [-0.2, 0) is 9.59 Å². The van der Waals surface area contributed by atoms with E-state index in [1.165, 1.54) is 4.90 Å². The van der Waals surface area contributed by atoms with Gasteiger partial charge < -0.3 is 20.0 Å². The zero-order valence-electron chi connectivity index (χ0n) is 21.6. The molecule has 2 aromatic rings. The molecule has 37 heavy (non-hydrogen) atoms. The van der Waals surface area contributed by atoms with Crippen LogP contribution in [0.1, 0.15) is 47.4 Å². The third-order valence-corrected chi connectivity index (χ3v) is 7.36. The highest BCUT2D eigenvalue weighted by Crippen LogP contribution is 2.32. The monoisotopic (exact) mass is 524 g/mol. The van der Waals surface area contributed by atoms with Crippen LogP contribution in [0, 0.1) is 5.92 Å². The Kier molecular flexibility index (Phi) is 7.87. The zero-order valence-corrected chi connectivity index (χ0v) is 22.4. The number of ketones is 1. The number of fused-ring (bicyclic) bond motifs is 1. The quantitative estimate of drug-likeness (QED) is 0.600. The van der Waals surface area contributed by atoms with Crippen LogP contribution in [0.5, 0.6) is 0 Å². The largest absolute Gasteiger partial charge is 0.378 e. The zero-order chi connectivity index (χ0) is 26.9. The van der Waals surface area contributed by atoms with Gasteiger partial charge in [-0.3, -0.25) is 19.2 Å². The van der Waals surface area contributed by atoms with Crippen molar-refractivity contribution in [1.29, 1.82) is 0 Å². The summed E-state index contributed by atoms with van der Waals surface area (Å²) in [7, 11) is 3.84. The maximum Gasteiger partial charge on any atom is 0.256 e. The predicted octanol–water partition coefficient (Wildman–Crippen LogP) is 3.25. The van der Waals surface area contributed by atoms with Gasteiger partial charge in [0.25, 0.3) is 11.8 Å². The molecule has 3 unspecified atom stereocenters. The smallest absolute Gasteiger partial charge is 0.256 e. The van der Waals surface area contributed by atoms with Crippen LogP contribution in [0.4, 0.5) is 5.69 Å². The van der Waals surface area contributed by atoms with Gasteiger partial charge in [-0.25, -0.2) is 0 Å². The summed E-state index contributed by atoms with van der Waals surface area (Å²) in [6, 6.07) is 12.0. The number of carbonyl (C=O) groups is 4. The van der Waals surface area contributed by atoms with Crippen molar-refractivity contribution in [3.63, 3.8) is 0 Å². The number of Topliss-reactive ketones (excluding diaryl/α,β-unsaturated/α-hetero) is 1. The number of likely N-dealkylation sites (tertiary alicyclic amines) is 2. The highest BCUT2D eigenvalue weighted by atomic mass is 35.5. The van der Waals surface area contributed by atoms with Crippen molar-refractivity contribution in [3.05, 3.63) is 64.7 Å². The molecule has 2 aliphatic rings. The Morgan fingerprint density at radius 3 is 2.35 bits per heavy atom. The minimum atomic E-state index is -0.777. The fourth-order valence-corrected chi connectivity index (χ4v) is 5.39. The molecule has 2 aromatic carbocycles. The Morgan fingerprint density at radius 1 is 1.05 bits per heavy atom. The maximum absolute atomic E-state index is 13.7. The third kappa shape index (κ3) is 5.49. The minimum absolute atomic E-state index is 0.0669. The van der Waals surface area contributed by atoms with E-state index >= 15 is 0 Å². The number of benzene rings is 2. The molecule has 0 bridgehead atoms. The van der Waals surface area contributed by atoms with Crippen LogP contribution in [0.2, 0.25) is 5.02 Å². The second-order valence-corrected chi connectivity index (χ2v) is 10.7. The van der Waals surface area contributed by atoms with E-state index in [4.69, 9.17) is 11.6 Å². The molecule has 0 radical (unpaired) electrons. The fraction of sp³-hybridized carbons (Fsp3) is 0.429. The first-order valence-electron chi connectivity index (χ1n) is 12.6. The lowest BCUT2D eigenvalue weighted by atomic mass is 10.0. The molecule has 2 saturated heterocycles. The van der Waals surface area contributed by atoms with Crippen molar-refractivity contribution in [2.75, 3.05) is 32.1 Å². The van der Waals surface area contributed by atoms with Crippen LogP contribution in [0.25, 0.3) is 0 Å². The first-order valence-corrected chi connectivity index (χ1v) is 12.9. The summed E-state index contributed by atoms with van der Waals surface area (Å²) in [5.41, 5.74) is 1.76. The molecule has 2 aliphatic heterocycles. The van der Waals surface area contributed by atoms with Gasteiger partial charge >= 0.3 is 0 Å². The van der Waals surface area contributed by atoms with E-state index in [0.717, 1.165) is 5.69 Å². The first kappa shape index (κ1) is 26.7. The van der Waals surface area contributed by atoms with Crippen molar-refractivity contribution in [2.24, 2.45) is 5.92 Å². The van der Waals surface area contributed by atoms with Crippen molar-refractivity contribution in [2.45, 2.75) is 44.8 Å². The van der Waals surface area contributed by atoms with Crippen molar-refractivity contribution >= 4 is 40.8 Å². The molecule has 9 heteroatoms. The topological polar surface area (TPSA) is 90.0 Å². The van der Waals surface area contributed by atoms with Gasteiger partial charge in [0.2, 0.25) is 5.91 Å². The van der Waals surface area contributed by atoms with Crippen molar-refractivity contribution in [1.82, 2.24) is 15.1 Å². The van der Waals surface area contributed by atoms with Gasteiger partial charge in [0.15, 0.2) is 5.78 Å². The fourth-order valence-electron chi connectivity index (χ4n) is 5.17. The Bertz CT molecular complexity index is 1200. The summed E-state index contributed by atoms with van der Waals surface area (Å²) in [5.74, 6) is -0.978. The summed E-state index contributed by atoms with van der Waals surface area (Å²) < 4.78 is 0. The molecule has 3 atom stereocenters. The minimum Gasteiger partial charge on any atom is -0.378 e. The van der Waals surface area contributed by atoms with Gasteiger partial charge in [-0.15, -0.1) is 0 Å². The molecule has 4 rings (SSSR count). The molecule has 1 N–H and O–H groups in total. The Morgan fingerprint density at radius 2 is 1.73 bits per heavy atom. The predicted molar refractivity (Wildman–Crippen MR) is 143 cm³/mol. The van der Waals surface area contributed by atoms with Crippen LogP contribution in [0.15, 0.2) is 48.5 Å². The number of carbonyl (C=O) groups excluding carboxylic acids is 4. The van der Waals surface area contributed by atoms with Crippen LogP contribution in [0.3, 0.4) is 0 Å². The lowest BCUT2D eigenvalue weighted by Gasteiger charge is -2.29. The molecule has 3 amide bonds. The molecule has 2 heterocycles. The van der Waals surface area contributed by atoms with Gasteiger partial charge in [0.05, 0.1) is 23.2 Å². The normalized spacial score (nSPS) is 19.7. The first-order chi connectivity index (χ1) is 17.6. The van der Waals surface area contributed by atoms with Crippen LogP contribution in [-0.4, -0.2) is 78.6 Å². The SMILES string of the molecule is CC(C)CC(NC(=O)c1ccc(N(C)C)cc1)C(=O)N1CCC2C1C(=O)CN2C(=O)c1ccccc1Cl. The average molecular weight is 525 g/mol. The van der Waals surface area contributed by atoms with E-state index in [1.54, 1.807) is 41.3 Å². The molecule has 0 aromatic heterocycles. The number of anilines is 1. The number of nitrogens with one attached hydrogen (secondary N) is 1. The standard InChI is InChI=1S/C28H33ClN4O4/c1-17(2)15-22(30-26(35)18-9-11-19(12-10-18)31(3)4)28(37)32-14-13-23-25(32)24(34)16-33(23)27(36)20-7-5-6-8-21(20)29/h5-12,17,22-23,25H,13-16H2,1-4H3,(H,30,35). The highest BCUT2D eigenvalue weighted by Gasteiger charge is 2.52. The third-order valence-electron chi connectivity index (χ3n) is 7.03. The summed E-state index contributed by atoms with van der Waals surface area (Å²) in [4.78, 5) is 58.0. The summed E-state index contributed by atoms with van der Waals surface area (Å²) in [6.07, 6.45) is 0.928. The van der Waals surface area contributed by atoms with E-state index in [2.05, 4.69) is 5.32 Å². The Labute approximate surface area is 222 Å². The lowest BCUT2D eigenvalue weighted by Crippen LogP contribution is -2.53. The second kappa shape index (κ2) is 10.9. The van der Waals surface area contributed by atoms with E-state index < -0.39 is 18.1 Å². The number of nitrogens with zero attached hydrogens (tertiary/aromatic N) is 3. The number of hydrogen-bond acceptors (Lipinski definition) is 5. The van der Waals surface area contributed by atoms with Crippen molar-refractivity contribution in [3.8, 4) is 0 Å². The maximum atomic E-state index is 13.7. The summed E-state index contributed by atoms with van der Waals surface area (Å²) in [5, 5.41) is 3.23. The van der Waals surface area contributed by atoms with Crippen molar-refractivity contribution < 1.29 is 19.2 Å². The lowest BCUT2D eigenvalue weighted by molar-refractivity contribution is -0.138. The van der Waals surface area contributed by atoms with Gasteiger partial charge in [-0.1, -0.05) is 37.6 Å². The van der Waals surface area contributed by atoms with Gasteiger partial charge in [0, 0.05) is 31.9 Å². The molecule has 0 saturated carbocycles. The van der Waals surface area contributed by atoms with E-state index in [9.17, 15) is 19.2 Å². The number of rotatable bonds is 7. The molecule has 0 aliphatic carbocycles. The van der Waals surface area contributed by atoms with Gasteiger partial charge in [-0.05, 0) is 55.2 Å². The van der Waals surface area contributed by atoms with E-state index in [1.807, 2.05) is 45.0 Å². The summed E-state index contributed by atoms with van der Waals surface area (Å²) >= 11 is 6.23. The van der Waals surface area contributed by atoms with Gasteiger partial charge in [-0.2, -0.15) is 0 Å². The van der Waals surface area contributed by atoms with E-state index in [-0.39, 0.29) is 36.0 Å². The van der Waals surface area contributed by atoms with Crippen LogP contribution >= 0.6 is 11.6 Å². The summed E-state index contributed by atoms with van der Waals surface area (Å²) in [6.45, 7) is 4.24. The molecule has 0 spiro atoms. The average Bonchev–Trinajstić information content (AvgIpc) is 3.44. The second-order valence-electron chi connectivity index (χ2n) is 10.3. The van der Waals surface area contributed by atoms with Crippen LogP contribution < -0.4 is 10.2 Å². The number of amides is 3. The molecule has 8 nitrogen and oxygen atoms in total. The Hall–Kier alpha value is -3.39. The highest BCUT2D eigenvalue weighted by molar-refractivity contribution is 6.33. The molecule has 196 valence electrons. The number of halogens is 1.